The lowest BCUT2D eigenvalue weighted by Gasteiger charge is -2.18. The first-order valence-corrected chi connectivity index (χ1v) is 5.72. The molecule has 7 heteroatoms. The maximum absolute atomic E-state index is 5.91. The van der Waals surface area contributed by atoms with Crippen molar-refractivity contribution in [3.8, 4) is 5.88 Å². The number of aromatic nitrogens is 3. The third-order valence-electron chi connectivity index (χ3n) is 2.86. The second-order valence-electron chi connectivity index (χ2n) is 4.03. The van der Waals surface area contributed by atoms with Gasteiger partial charge in [-0.15, -0.1) is 10.2 Å². The largest absolute Gasteiger partial charge is 0.480 e. The van der Waals surface area contributed by atoms with Crippen LogP contribution < -0.4 is 21.7 Å². The highest BCUT2D eigenvalue weighted by Crippen LogP contribution is 2.26. The van der Waals surface area contributed by atoms with Crippen LogP contribution >= 0.6 is 0 Å². The van der Waals surface area contributed by atoms with Gasteiger partial charge in [0.1, 0.15) is 5.82 Å². The average molecular weight is 260 g/mol. The van der Waals surface area contributed by atoms with Crippen LogP contribution in [0.1, 0.15) is 22.9 Å². The summed E-state index contributed by atoms with van der Waals surface area (Å²) in [6, 6.07) is 5.00. The normalized spacial score (nSPS) is 12.2. The van der Waals surface area contributed by atoms with Gasteiger partial charge in [0.25, 0.3) is 0 Å². The molecule has 0 saturated heterocycles. The topological polar surface area (TPSA) is 112 Å². The van der Waals surface area contributed by atoms with E-state index in [1.807, 2.05) is 13.0 Å². The van der Waals surface area contributed by atoms with Gasteiger partial charge in [-0.1, -0.05) is 0 Å². The molecule has 0 amide bonds. The Bertz CT molecular complexity index is 536. The van der Waals surface area contributed by atoms with E-state index in [4.69, 9.17) is 16.3 Å². The van der Waals surface area contributed by atoms with Crippen LogP contribution in [0.4, 0.5) is 5.82 Å². The van der Waals surface area contributed by atoms with Crippen molar-refractivity contribution in [1.82, 2.24) is 20.6 Å². The Balaban J connectivity index is 2.44. The highest BCUT2D eigenvalue weighted by molar-refractivity contribution is 5.48. The van der Waals surface area contributed by atoms with E-state index in [9.17, 15) is 0 Å². The predicted octanol–water partition coefficient (Wildman–Crippen LogP) is 0.324. The lowest BCUT2D eigenvalue weighted by molar-refractivity contribution is 0.390. The molecule has 100 valence electrons. The zero-order valence-electron chi connectivity index (χ0n) is 10.8. The van der Waals surface area contributed by atoms with Gasteiger partial charge < -0.3 is 10.5 Å². The fourth-order valence-electron chi connectivity index (χ4n) is 1.88. The fraction of sp³-hybridized carbons (Fsp3) is 0.250. The molecule has 0 radical (unpaired) electrons. The van der Waals surface area contributed by atoms with Crippen molar-refractivity contribution in [3.05, 3.63) is 41.2 Å². The van der Waals surface area contributed by atoms with Gasteiger partial charge in [0, 0.05) is 17.8 Å². The molecule has 7 nitrogen and oxygen atoms in total. The zero-order valence-corrected chi connectivity index (χ0v) is 10.8. The number of methoxy groups -OCH3 is 1. The first-order chi connectivity index (χ1) is 9.17. The summed E-state index contributed by atoms with van der Waals surface area (Å²) in [5.74, 6) is 6.47. The van der Waals surface area contributed by atoms with Crippen LogP contribution in [-0.4, -0.2) is 22.3 Å². The second kappa shape index (κ2) is 5.59. The number of nitrogens with one attached hydrogen (secondary N) is 1. The molecule has 1 atom stereocenters. The van der Waals surface area contributed by atoms with E-state index in [0.717, 1.165) is 11.1 Å². The summed E-state index contributed by atoms with van der Waals surface area (Å²) in [4.78, 5) is 4.08. The number of hydrogen-bond donors (Lipinski definition) is 3. The van der Waals surface area contributed by atoms with Gasteiger partial charge in [-0.2, -0.15) is 0 Å². The van der Waals surface area contributed by atoms with Crippen molar-refractivity contribution in [2.45, 2.75) is 13.0 Å². The van der Waals surface area contributed by atoms with Crippen LogP contribution in [0.25, 0.3) is 0 Å². The number of hydrogen-bond acceptors (Lipinski definition) is 7. The monoisotopic (exact) mass is 260 g/mol. The van der Waals surface area contributed by atoms with Crippen LogP contribution in [0.15, 0.2) is 24.4 Å². The summed E-state index contributed by atoms with van der Waals surface area (Å²) >= 11 is 0. The smallest absolute Gasteiger partial charge is 0.233 e. The van der Waals surface area contributed by atoms with Crippen molar-refractivity contribution in [2.75, 3.05) is 12.8 Å². The third kappa shape index (κ3) is 2.61. The fourth-order valence-corrected chi connectivity index (χ4v) is 1.88. The van der Waals surface area contributed by atoms with Gasteiger partial charge >= 0.3 is 0 Å². The molecule has 5 N–H and O–H groups in total. The third-order valence-corrected chi connectivity index (χ3v) is 2.86. The van der Waals surface area contributed by atoms with Crippen molar-refractivity contribution < 1.29 is 4.74 Å². The molecular formula is C12H16N6O. The number of hydrazine groups is 1. The van der Waals surface area contributed by atoms with Gasteiger partial charge in [-0.05, 0) is 24.6 Å². The molecule has 0 aliphatic heterocycles. The number of ether oxygens (including phenoxy) is 1. The molecule has 0 spiro atoms. The second-order valence-corrected chi connectivity index (χ2v) is 4.03. The molecule has 1 unspecified atom stereocenters. The van der Waals surface area contributed by atoms with E-state index in [2.05, 4.69) is 20.6 Å². The number of nitrogens with zero attached hydrogens (tertiary/aromatic N) is 3. The van der Waals surface area contributed by atoms with Crippen molar-refractivity contribution in [1.29, 1.82) is 0 Å². The van der Waals surface area contributed by atoms with E-state index >= 15 is 0 Å². The summed E-state index contributed by atoms with van der Waals surface area (Å²) in [5, 5.41) is 8.00. The predicted molar refractivity (Wildman–Crippen MR) is 71.1 cm³/mol. The molecule has 2 aromatic rings. The summed E-state index contributed by atoms with van der Waals surface area (Å²) in [6.07, 6.45) is 1.65. The number of nitrogens with two attached hydrogens (primary N) is 2. The molecular weight excluding hydrogens is 244 g/mol. The van der Waals surface area contributed by atoms with E-state index in [-0.39, 0.29) is 6.04 Å². The Kier molecular flexibility index (Phi) is 3.88. The van der Waals surface area contributed by atoms with Crippen LogP contribution in [0, 0.1) is 6.92 Å². The molecule has 0 saturated carbocycles. The van der Waals surface area contributed by atoms with Crippen LogP contribution in [0.3, 0.4) is 0 Å². The van der Waals surface area contributed by atoms with Crippen LogP contribution in [-0.2, 0) is 0 Å². The van der Waals surface area contributed by atoms with E-state index in [0.29, 0.717) is 17.4 Å². The summed E-state index contributed by atoms with van der Waals surface area (Å²) in [7, 11) is 1.53. The highest BCUT2D eigenvalue weighted by Gasteiger charge is 2.20. The average Bonchev–Trinajstić information content (AvgIpc) is 2.43. The summed E-state index contributed by atoms with van der Waals surface area (Å²) in [5.41, 5.74) is 11.0. The molecule has 0 aliphatic carbocycles. The van der Waals surface area contributed by atoms with Crippen LogP contribution in [0.5, 0.6) is 5.88 Å². The van der Waals surface area contributed by atoms with Gasteiger partial charge in [-0.3, -0.25) is 5.84 Å². The van der Waals surface area contributed by atoms with Gasteiger partial charge in [0.05, 0.1) is 18.8 Å². The molecule has 2 rings (SSSR count). The minimum Gasteiger partial charge on any atom is -0.480 e. The molecule has 2 aromatic heterocycles. The first-order valence-electron chi connectivity index (χ1n) is 5.72. The maximum atomic E-state index is 5.91. The number of rotatable bonds is 4. The quantitative estimate of drug-likeness (QED) is 0.536. The minimum absolute atomic E-state index is 0.368. The molecule has 0 bridgehead atoms. The SMILES string of the molecule is COc1ccc(C(NN)c2c(C)ccnc2N)nn1. The molecule has 19 heavy (non-hydrogen) atoms. The van der Waals surface area contributed by atoms with E-state index in [1.165, 1.54) is 7.11 Å². The van der Waals surface area contributed by atoms with Gasteiger partial charge in [0.2, 0.25) is 5.88 Å². The minimum atomic E-state index is -0.368. The standard InChI is InChI=1S/C12H16N6O/c1-7-5-6-15-12(13)10(7)11(16-14)8-3-4-9(19-2)18-17-8/h3-6,11,16H,14H2,1-2H3,(H2,13,15). The molecule has 0 aliphatic rings. The number of anilines is 1. The van der Waals surface area contributed by atoms with E-state index < -0.39 is 0 Å². The Labute approximate surface area is 111 Å². The summed E-state index contributed by atoms with van der Waals surface area (Å²) < 4.78 is 4.97. The number of pyridine rings is 1. The highest BCUT2D eigenvalue weighted by atomic mass is 16.5. The zero-order chi connectivity index (χ0) is 13.8. The van der Waals surface area contributed by atoms with Gasteiger partial charge in [0.15, 0.2) is 0 Å². The number of aryl methyl sites for hydroxylation is 1. The van der Waals surface area contributed by atoms with E-state index in [1.54, 1.807) is 18.3 Å². The van der Waals surface area contributed by atoms with Crippen molar-refractivity contribution in [3.63, 3.8) is 0 Å². The molecule has 0 fully saturated rings. The van der Waals surface area contributed by atoms with Crippen molar-refractivity contribution in [2.24, 2.45) is 5.84 Å². The maximum Gasteiger partial charge on any atom is 0.233 e. The Hall–Kier alpha value is -2.25. The first kappa shape index (κ1) is 13.2. The Morgan fingerprint density at radius 3 is 2.58 bits per heavy atom. The lowest BCUT2D eigenvalue weighted by Crippen LogP contribution is -2.31. The Morgan fingerprint density at radius 2 is 2.05 bits per heavy atom. The lowest BCUT2D eigenvalue weighted by atomic mass is 10.00. The van der Waals surface area contributed by atoms with Crippen molar-refractivity contribution >= 4 is 5.82 Å². The summed E-state index contributed by atoms with van der Waals surface area (Å²) in [6.45, 7) is 1.94. The van der Waals surface area contributed by atoms with Crippen LogP contribution in [0.2, 0.25) is 0 Å². The molecule has 2 heterocycles. The number of nitrogen functional groups attached to an aromatic ring is 1. The molecule has 0 aromatic carbocycles. The van der Waals surface area contributed by atoms with Gasteiger partial charge in [-0.25, -0.2) is 10.4 Å². The Morgan fingerprint density at radius 1 is 1.26 bits per heavy atom.